The molecule has 0 aliphatic carbocycles. The molecular formula is C17H18INO2. The van der Waals surface area contributed by atoms with E-state index in [0.29, 0.717) is 18.5 Å². The quantitative estimate of drug-likeness (QED) is 0.763. The minimum absolute atomic E-state index is 0.376. The van der Waals surface area contributed by atoms with Crippen LogP contribution in [0.5, 0.6) is 0 Å². The normalized spacial score (nSPS) is 13.5. The molecule has 0 unspecified atom stereocenters. The molecule has 2 aromatic carbocycles. The van der Waals surface area contributed by atoms with Crippen LogP contribution in [0.25, 0.3) is 0 Å². The van der Waals surface area contributed by atoms with Crippen LogP contribution in [0.1, 0.15) is 18.9 Å². The van der Waals surface area contributed by atoms with Gasteiger partial charge in [0.1, 0.15) is 5.60 Å². The van der Waals surface area contributed by atoms with E-state index in [1.165, 1.54) is 3.57 Å². The third kappa shape index (κ3) is 4.82. The number of carbonyl (C=O) groups is 1. The van der Waals surface area contributed by atoms with Crippen molar-refractivity contribution in [3.05, 3.63) is 63.7 Å². The molecule has 3 nitrogen and oxygen atoms in total. The number of hydrogen-bond donors (Lipinski definition) is 2. The molecule has 2 rings (SSSR count). The lowest BCUT2D eigenvalue weighted by Gasteiger charge is -2.22. The first-order valence-corrected chi connectivity index (χ1v) is 7.88. The van der Waals surface area contributed by atoms with Crippen molar-refractivity contribution in [3.8, 4) is 0 Å². The van der Waals surface area contributed by atoms with Gasteiger partial charge >= 0.3 is 0 Å². The van der Waals surface area contributed by atoms with Crippen LogP contribution < -0.4 is 5.32 Å². The number of para-hydroxylation sites is 1. The number of nitrogens with one attached hydrogen (secondary N) is 1. The van der Waals surface area contributed by atoms with Crippen molar-refractivity contribution in [2.45, 2.75) is 25.4 Å². The molecule has 0 radical (unpaired) electrons. The van der Waals surface area contributed by atoms with Gasteiger partial charge in [0.05, 0.1) is 0 Å². The predicted octanol–water partition coefficient (Wildman–Crippen LogP) is 3.61. The Labute approximate surface area is 138 Å². The fraction of sp³-hybridized carbons (Fsp3) is 0.235. The molecule has 0 aliphatic heterocycles. The predicted molar refractivity (Wildman–Crippen MR) is 93.2 cm³/mol. The Morgan fingerprint density at radius 2 is 1.76 bits per heavy atom. The first-order chi connectivity index (χ1) is 9.97. The zero-order valence-corrected chi connectivity index (χ0v) is 14.0. The number of rotatable bonds is 5. The number of aryl methyl sites for hydroxylation is 1. The first kappa shape index (κ1) is 16.0. The highest BCUT2D eigenvalue weighted by Crippen LogP contribution is 2.18. The molecule has 0 saturated heterocycles. The topological polar surface area (TPSA) is 49.3 Å². The number of benzene rings is 2. The Morgan fingerprint density at radius 1 is 1.14 bits per heavy atom. The van der Waals surface area contributed by atoms with Crippen molar-refractivity contribution < 1.29 is 9.90 Å². The number of anilines is 1. The number of carbonyl (C=O) groups excluding carboxylic acids is 1. The van der Waals surface area contributed by atoms with Crippen molar-refractivity contribution in [1.82, 2.24) is 0 Å². The average molecular weight is 393 g/mol. The second-order valence-corrected chi connectivity index (χ2v) is 6.47. The molecule has 0 heterocycles. The molecule has 1 amide bonds. The van der Waals surface area contributed by atoms with Crippen LogP contribution in [0.15, 0.2) is 54.6 Å². The van der Waals surface area contributed by atoms with Crippen LogP contribution in [0.3, 0.4) is 0 Å². The smallest absolute Gasteiger partial charge is 0.256 e. The van der Waals surface area contributed by atoms with Crippen LogP contribution >= 0.6 is 22.6 Å². The van der Waals surface area contributed by atoms with Gasteiger partial charge in [0.15, 0.2) is 0 Å². The fourth-order valence-electron chi connectivity index (χ4n) is 1.94. The maximum atomic E-state index is 12.1. The Balaban J connectivity index is 1.94. The molecule has 0 aromatic heterocycles. The van der Waals surface area contributed by atoms with E-state index in [2.05, 4.69) is 27.9 Å². The van der Waals surface area contributed by atoms with E-state index in [9.17, 15) is 9.90 Å². The lowest BCUT2D eigenvalue weighted by molar-refractivity contribution is -0.132. The van der Waals surface area contributed by atoms with E-state index in [0.717, 1.165) is 5.56 Å². The van der Waals surface area contributed by atoms with E-state index in [1.54, 1.807) is 19.1 Å². The third-order valence-electron chi connectivity index (χ3n) is 3.33. The van der Waals surface area contributed by atoms with Crippen molar-refractivity contribution in [2.24, 2.45) is 0 Å². The maximum Gasteiger partial charge on any atom is 0.256 e. The van der Waals surface area contributed by atoms with Crippen LogP contribution in [0, 0.1) is 3.57 Å². The van der Waals surface area contributed by atoms with Gasteiger partial charge in [0.2, 0.25) is 0 Å². The highest BCUT2D eigenvalue weighted by molar-refractivity contribution is 14.1. The van der Waals surface area contributed by atoms with Crippen molar-refractivity contribution >= 4 is 34.2 Å². The molecule has 0 aliphatic rings. The van der Waals surface area contributed by atoms with E-state index >= 15 is 0 Å². The van der Waals surface area contributed by atoms with Gasteiger partial charge in [-0.05, 0) is 72.2 Å². The molecule has 110 valence electrons. The molecule has 0 bridgehead atoms. The van der Waals surface area contributed by atoms with Gasteiger partial charge in [-0.3, -0.25) is 4.79 Å². The average Bonchev–Trinajstić information content (AvgIpc) is 2.48. The SMILES string of the molecule is C[C@](O)(CCc1ccc([125I])cc1)C(=O)Nc1ccccc1. The Hall–Kier alpha value is -1.40. The molecular weight excluding hydrogens is 375 g/mol. The lowest BCUT2D eigenvalue weighted by Crippen LogP contribution is -2.40. The summed E-state index contributed by atoms with van der Waals surface area (Å²) in [4.78, 5) is 12.1. The number of amides is 1. The van der Waals surface area contributed by atoms with Gasteiger partial charge in [0.25, 0.3) is 5.91 Å². The van der Waals surface area contributed by atoms with Crippen molar-refractivity contribution in [3.63, 3.8) is 0 Å². The number of aliphatic hydroxyl groups is 1. The van der Waals surface area contributed by atoms with Gasteiger partial charge in [0, 0.05) is 9.26 Å². The summed E-state index contributed by atoms with van der Waals surface area (Å²) in [6.45, 7) is 1.55. The largest absolute Gasteiger partial charge is 0.380 e. The fourth-order valence-corrected chi connectivity index (χ4v) is 2.30. The van der Waals surface area contributed by atoms with Crippen LogP contribution in [-0.4, -0.2) is 16.6 Å². The summed E-state index contributed by atoms with van der Waals surface area (Å²) >= 11 is 2.25. The molecule has 0 spiro atoms. The second-order valence-electron chi connectivity index (χ2n) is 5.22. The standard InChI is InChI=1S/C17H18INO2/c1-17(21,12-11-13-7-9-14(18)10-8-13)16(20)19-15-5-3-2-4-6-15/h2-10,21H,11-12H2,1H3,(H,19,20)/t17-/m0/s1/i18-2. The highest BCUT2D eigenvalue weighted by atomic mass is 125. The Morgan fingerprint density at radius 3 is 2.38 bits per heavy atom. The minimum atomic E-state index is -1.39. The summed E-state index contributed by atoms with van der Waals surface area (Å²) < 4.78 is 1.17. The van der Waals surface area contributed by atoms with E-state index in [1.807, 2.05) is 42.5 Å². The van der Waals surface area contributed by atoms with Gasteiger partial charge in [-0.25, -0.2) is 0 Å². The second kappa shape index (κ2) is 7.04. The summed E-state index contributed by atoms with van der Waals surface area (Å²) in [5.74, 6) is -0.376. The zero-order chi connectivity index (χ0) is 15.3. The van der Waals surface area contributed by atoms with E-state index in [4.69, 9.17) is 0 Å². The van der Waals surface area contributed by atoms with Gasteiger partial charge in [-0.1, -0.05) is 30.3 Å². The Bertz CT molecular complexity index is 594. The molecule has 2 aromatic rings. The summed E-state index contributed by atoms with van der Waals surface area (Å²) in [6, 6.07) is 17.2. The van der Waals surface area contributed by atoms with Gasteiger partial charge in [-0.2, -0.15) is 0 Å². The summed E-state index contributed by atoms with van der Waals surface area (Å²) in [5.41, 5.74) is 0.416. The highest BCUT2D eigenvalue weighted by Gasteiger charge is 2.29. The molecule has 0 fully saturated rings. The molecule has 0 saturated carbocycles. The van der Waals surface area contributed by atoms with E-state index in [-0.39, 0.29) is 5.91 Å². The van der Waals surface area contributed by atoms with Crippen LogP contribution in [0.2, 0.25) is 0 Å². The minimum Gasteiger partial charge on any atom is -0.380 e. The maximum absolute atomic E-state index is 12.1. The molecule has 2 N–H and O–H groups in total. The summed E-state index contributed by atoms with van der Waals surface area (Å²) in [7, 11) is 0. The van der Waals surface area contributed by atoms with E-state index < -0.39 is 5.60 Å². The third-order valence-corrected chi connectivity index (χ3v) is 4.05. The first-order valence-electron chi connectivity index (χ1n) is 6.81. The van der Waals surface area contributed by atoms with Gasteiger partial charge in [-0.15, -0.1) is 0 Å². The lowest BCUT2D eigenvalue weighted by atomic mass is 9.96. The summed E-state index contributed by atoms with van der Waals surface area (Å²) in [5, 5.41) is 13.1. The van der Waals surface area contributed by atoms with Crippen LogP contribution in [0.4, 0.5) is 5.69 Å². The summed E-state index contributed by atoms with van der Waals surface area (Å²) in [6.07, 6.45) is 1.04. The van der Waals surface area contributed by atoms with Crippen molar-refractivity contribution in [2.75, 3.05) is 5.32 Å². The molecule has 1 atom stereocenters. The monoisotopic (exact) mass is 393 g/mol. The zero-order valence-electron chi connectivity index (χ0n) is 11.8. The number of halogens is 1. The molecule has 4 heteroatoms. The Kier molecular flexibility index (Phi) is 5.36. The number of hydrogen-bond acceptors (Lipinski definition) is 2. The van der Waals surface area contributed by atoms with Crippen molar-refractivity contribution in [1.29, 1.82) is 0 Å². The van der Waals surface area contributed by atoms with Gasteiger partial charge < -0.3 is 10.4 Å². The van der Waals surface area contributed by atoms with Crippen LogP contribution in [-0.2, 0) is 11.2 Å². The molecule has 21 heavy (non-hydrogen) atoms.